The number of para-hydroxylation sites is 2. The van der Waals surface area contributed by atoms with Crippen LogP contribution in [-0.2, 0) is 11.3 Å². The van der Waals surface area contributed by atoms with E-state index in [1.54, 1.807) is 25.7 Å². The molecule has 0 saturated carbocycles. The molecular formula is C19H20Cl2N2O3. The first-order chi connectivity index (χ1) is 12.6. The van der Waals surface area contributed by atoms with Crippen molar-refractivity contribution in [1.29, 1.82) is 0 Å². The summed E-state index contributed by atoms with van der Waals surface area (Å²) < 4.78 is 18.8. The average Bonchev–Trinajstić information content (AvgIpc) is 3.15. The van der Waals surface area contributed by atoms with Crippen LogP contribution in [-0.4, -0.2) is 28.5 Å². The van der Waals surface area contributed by atoms with Gasteiger partial charge >= 0.3 is 0 Å². The molecule has 3 rings (SSSR count). The van der Waals surface area contributed by atoms with E-state index in [9.17, 15) is 0 Å². The van der Waals surface area contributed by atoms with Crippen LogP contribution in [0, 0.1) is 5.92 Å². The molecule has 2 atom stereocenters. The zero-order chi connectivity index (χ0) is 18.4. The number of nitrogens with zero attached hydrogens (tertiary/aromatic N) is 2. The number of aromatic nitrogens is 2. The van der Waals surface area contributed by atoms with Crippen molar-refractivity contribution >= 4 is 23.2 Å². The summed E-state index contributed by atoms with van der Waals surface area (Å²) >= 11 is 12.9. The first-order valence-electron chi connectivity index (χ1n) is 8.22. The number of alkyl halides is 1. The smallest absolute Gasteiger partial charge is 0.191 e. The highest BCUT2D eigenvalue weighted by Gasteiger charge is 2.37. The minimum atomic E-state index is -1.07. The van der Waals surface area contributed by atoms with Crippen molar-refractivity contribution in [2.75, 3.05) is 13.9 Å². The fraction of sp³-hybridized carbons (Fsp3) is 0.316. The van der Waals surface area contributed by atoms with E-state index in [0.717, 1.165) is 13.0 Å². The Morgan fingerprint density at radius 1 is 1.27 bits per heavy atom. The van der Waals surface area contributed by atoms with Crippen LogP contribution >= 0.6 is 23.2 Å². The number of rotatable bonds is 8. The lowest BCUT2D eigenvalue weighted by Gasteiger charge is -2.33. The van der Waals surface area contributed by atoms with E-state index in [0.29, 0.717) is 16.5 Å². The van der Waals surface area contributed by atoms with Gasteiger partial charge in [0.1, 0.15) is 0 Å². The molecule has 2 aromatic rings. The Bertz CT molecular complexity index is 777. The quantitative estimate of drug-likeness (QED) is 0.485. The molecule has 1 aromatic carbocycles. The Morgan fingerprint density at radius 3 is 2.81 bits per heavy atom. The number of aryl methyl sites for hydroxylation is 1. The second kappa shape index (κ2) is 8.62. The van der Waals surface area contributed by atoms with Crippen LogP contribution in [0.25, 0.3) is 0 Å². The standard InChI is InChI=1S/C19H20Cl2N2O3/c1-24-17-4-2-3-5-18(17)25-14-26-19(21)12-16(20)7-6-15(19)8-10-23-11-9-22-13-23/h2-7,9,11-13,15H,8,10,14H2,1H3. The molecule has 26 heavy (non-hydrogen) atoms. The van der Waals surface area contributed by atoms with Crippen molar-refractivity contribution < 1.29 is 14.2 Å². The molecule has 2 unspecified atom stereocenters. The van der Waals surface area contributed by atoms with E-state index >= 15 is 0 Å². The summed E-state index contributed by atoms with van der Waals surface area (Å²) in [6.45, 7) is 0.742. The Labute approximate surface area is 162 Å². The maximum absolute atomic E-state index is 6.75. The minimum Gasteiger partial charge on any atom is -0.493 e. The van der Waals surface area contributed by atoms with Gasteiger partial charge in [0.05, 0.1) is 13.4 Å². The van der Waals surface area contributed by atoms with Gasteiger partial charge in [0.2, 0.25) is 0 Å². The second-order valence-corrected chi connectivity index (χ2v) is 6.87. The van der Waals surface area contributed by atoms with E-state index in [-0.39, 0.29) is 12.7 Å². The molecule has 1 aliphatic rings. The van der Waals surface area contributed by atoms with Gasteiger partial charge in [-0.05, 0) is 30.7 Å². The SMILES string of the molecule is COc1ccccc1OCOC1(Cl)C=C(Cl)C=CC1CCn1ccnc1. The number of hydrogen-bond acceptors (Lipinski definition) is 4. The number of hydrogen-bond donors (Lipinski definition) is 0. The number of benzene rings is 1. The largest absolute Gasteiger partial charge is 0.493 e. The van der Waals surface area contributed by atoms with E-state index in [2.05, 4.69) is 4.98 Å². The number of methoxy groups -OCH3 is 1. The molecule has 138 valence electrons. The molecule has 0 spiro atoms. The molecular weight excluding hydrogens is 375 g/mol. The van der Waals surface area contributed by atoms with Gasteiger partial charge in [-0.3, -0.25) is 0 Å². The number of allylic oxidation sites excluding steroid dienone is 2. The zero-order valence-corrected chi connectivity index (χ0v) is 15.9. The summed E-state index contributed by atoms with van der Waals surface area (Å²) in [6.07, 6.45) is 11.7. The van der Waals surface area contributed by atoms with Gasteiger partial charge < -0.3 is 18.8 Å². The van der Waals surface area contributed by atoms with Crippen LogP contribution < -0.4 is 9.47 Å². The summed E-state index contributed by atoms with van der Waals surface area (Å²) in [5.74, 6) is 1.16. The third kappa shape index (κ3) is 4.61. The van der Waals surface area contributed by atoms with Crippen LogP contribution in [0.5, 0.6) is 11.5 Å². The first kappa shape index (κ1) is 18.8. The minimum absolute atomic E-state index is 0.0278. The predicted octanol–water partition coefficient (Wildman–Crippen LogP) is 4.58. The van der Waals surface area contributed by atoms with Gasteiger partial charge in [-0.15, -0.1) is 0 Å². The topological polar surface area (TPSA) is 45.5 Å². The molecule has 0 amide bonds. The van der Waals surface area contributed by atoms with Crippen LogP contribution in [0.3, 0.4) is 0 Å². The van der Waals surface area contributed by atoms with Gasteiger partial charge in [0.15, 0.2) is 23.4 Å². The maximum Gasteiger partial charge on any atom is 0.191 e. The lowest BCUT2D eigenvalue weighted by Crippen LogP contribution is -2.36. The molecule has 0 bridgehead atoms. The monoisotopic (exact) mass is 394 g/mol. The summed E-state index contributed by atoms with van der Waals surface area (Å²) in [7, 11) is 1.59. The predicted molar refractivity (Wildman–Crippen MR) is 102 cm³/mol. The maximum atomic E-state index is 6.75. The Balaban J connectivity index is 1.63. The molecule has 1 heterocycles. The first-order valence-corrected chi connectivity index (χ1v) is 8.97. The third-order valence-corrected chi connectivity index (χ3v) is 4.88. The van der Waals surface area contributed by atoms with Crippen molar-refractivity contribution in [3.8, 4) is 11.5 Å². The van der Waals surface area contributed by atoms with Gasteiger partial charge in [0.25, 0.3) is 0 Å². The molecule has 7 heteroatoms. The highest BCUT2D eigenvalue weighted by atomic mass is 35.5. The molecule has 1 aromatic heterocycles. The van der Waals surface area contributed by atoms with Crippen LogP contribution in [0.4, 0.5) is 0 Å². The Hall–Kier alpha value is -1.95. The summed E-state index contributed by atoms with van der Waals surface area (Å²) in [6, 6.07) is 7.36. The van der Waals surface area contributed by atoms with Gasteiger partial charge in [-0.1, -0.05) is 41.4 Å². The fourth-order valence-corrected chi connectivity index (χ4v) is 3.39. The van der Waals surface area contributed by atoms with Crippen molar-refractivity contribution in [2.45, 2.75) is 18.0 Å². The van der Waals surface area contributed by atoms with Crippen LogP contribution in [0.1, 0.15) is 6.42 Å². The lowest BCUT2D eigenvalue weighted by molar-refractivity contribution is -0.0574. The van der Waals surface area contributed by atoms with Gasteiger partial charge in [-0.2, -0.15) is 0 Å². The molecule has 1 aliphatic carbocycles. The lowest BCUT2D eigenvalue weighted by atomic mass is 9.93. The van der Waals surface area contributed by atoms with Crippen molar-refractivity contribution in [3.05, 3.63) is 66.2 Å². The average molecular weight is 395 g/mol. The normalized spacial score (nSPS) is 22.1. The highest BCUT2D eigenvalue weighted by molar-refractivity contribution is 6.33. The fourth-order valence-electron chi connectivity index (χ4n) is 2.75. The van der Waals surface area contributed by atoms with Gasteiger partial charge in [-0.25, -0.2) is 4.98 Å². The van der Waals surface area contributed by atoms with Gasteiger partial charge in [0, 0.05) is 29.9 Å². The summed E-state index contributed by atoms with van der Waals surface area (Å²) in [5.41, 5.74) is 0. The summed E-state index contributed by atoms with van der Waals surface area (Å²) in [4.78, 5) is 4.05. The van der Waals surface area contributed by atoms with E-state index < -0.39 is 5.06 Å². The molecule has 0 saturated heterocycles. The number of ether oxygens (including phenoxy) is 3. The Morgan fingerprint density at radius 2 is 2.08 bits per heavy atom. The van der Waals surface area contributed by atoms with E-state index in [1.165, 1.54) is 0 Å². The number of imidazole rings is 1. The Kier molecular flexibility index (Phi) is 6.25. The third-order valence-electron chi connectivity index (χ3n) is 4.15. The van der Waals surface area contributed by atoms with Crippen molar-refractivity contribution in [2.24, 2.45) is 5.92 Å². The number of halogens is 2. The molecule has 0 aliphatic heterocycles. The van der Waals surface area contributed by atoms with E-state index in [4.69, 9.17) is 37.4 Å². The van der Waals surface area contributed by atoms with Crippen LogP contribution in [0.2, 0.25) is 0 Å². The zero-order valence-electron chi connectivity index (χ0n) is 14.3. The molecule has 0 fully saturated rings. The van der Waals surface area contributed by atoms with Crippen molar-refractivity contribution in [1.82, 2.24) is 9.55 Å². The second-order valence-electron chi connectivity index (χ2n) is 5.84. The van der Waals surface area contributed by atoms with Crippen LogP contribution in [0.15, 0.2) is 66.2 Å². The summed E-state index contributed by atoms with van der Waals surface area (Å²) in [5, 5.41) is -0.537. The van der Waals surface area contributed by atoms with Crippen molar-refractivity contribution in [3.63, 3.8) is 0 Å². The molecule has 5 nitrogen and oxygen atoms in total. The molecule has 0 N–H and O–H groups in total. The highest BCUT2D eigenvalue weighted by Crippen LogP contribution is 2.38. The van der Waals surface area contributed by atoms with E-state index in [1.807, 2.05) is 47.2 Å². The molecule has 0 radical (unpaired) electrons.